The molecular weight excluding hydrogens is 294 g/mol. The number of aryl methyl sites for hydroxylation is 1. The van der Waals surface area contributed by atoms with Crippen LogP contribution in [0.15, 0.2) is 18.3 Å². The molecule has 20 heavy (non-hydrogen) atoms. The first-order valence-corrected chi connectivity index (χ1v) is 7.73. The van der Waals surface area contributed by atoms with Gasteiger partial charge in [-0.15, -0.1) is 11.3 Å². The van der Waals surface area contributed by atoms with Crippen LogP contribution in [0, 0.1) is 5.92 Å². The molecule has 6 heteroatoms. The van der Waals surface area contributed by atoms with E-state index in [4.69, 9.17) is 11.6 Å². The van der Waals surface area contributed by atoms with E-state index in [1.807, 2.05) is 0 Å². The predicted molar refractivity (Wildman–Crippen MR) is 80.5 cm³/mol. The molecule has 1 N–H and O–H groups in total. The molecule has 0 fully saturated rings. The van der Waals surface area contributed by atoms with Crippen molar-refractivity contribution in [1.29, 1.82) is 0 Å². The summed E-state index contributed by atoms with van der Waals surface area (Å²) in [7, 11) is 0. The van der Waals surface area contributed by atoms with Crippen LogP contribution in [-0.4, -0.2) is 15.9 Å². The predicted octanol–water partition coefficient (Wildman–Crippen LogP) is 3.57. The molecule has 1 atom stereocenters. The molecule has 0 saturated heterocycles. The monoisotopic (exact) mass is 307 g/mol. The van der Waals surface area contributed by atoms with Crippen LogP contribution in [0.5, 0.6) is 0 Å². The van der Waals surface area contributed by atoms with Gasteiger partial charge in [0, 0.05) is 16.1 Å². The summed E-state index contributed by atoms with van der Waals surface area (Å²) in [4.78, 5) is 21.9. The van der Waals surface area contributed by atoms with Crippen molar-refractivity contribution in [1.82, 2.24) is 9.97 Å². The number of halogens is 1. The van der Waals surface area contributed by atoms with Gasteiger partial charge in [-0.3, -0.25) is 15.1 Å². The number of nitrogens with zero attached hydrogens (tertiary/aromatic N) is 2. The number of thiazole rings is 1. The molecule has 1 aliphatic carbocycles. The average molecular weight is 308 g/mol. The summed E-state index contributed by atoms with van der Waals surface area (Å²) < 4.78 is 0. The van der Waals surface area contributed by atoms with Crippen LogP contribution in [0.25, 0.3) is 0 Å². The Labute approximate surface area is 126 Å². The van der Waals surface area contributed by atoms with Gasteiger partial charge in [0.15, 0.2) is 5.13 Å². The van der Waals surface area contributed by atoms with Crippen molar-refractivity contribution in [3.63, 3.8) is 0 Å². The molecule has 0 radical (unpaired) electrons. The highest BCUT2D eigenvalue weighted by atomic mass is 35.5. The van der Waals surface area contributed by atoms with Crippen molar-refractivity contribution in [2.24, 2.45) is 5.92 Å². The van der Waals surface area contributed by atoms with Crippen molar-refractivity contribution in [2.75, 3.05) is 5.32 Å². The van der Waals surface area contributed by atoms with Crippen LogP contribution in [0.2, 0.25) is 5.02 Å². The van der Waals surface area contributed by atoms with E-state index in [0.717, 1.165) is 18.5 Å². The molecule has 3 rings (SSSR count). The van der Waals surface area contributed by atoms with Crippen LogP contribution < -0.4 is 5.32 Å². The summed E-state index contributed by atoms with van der Waals surface area (Å²) in [5, 5.41) is 3.95. The Morgan fingerprint density at radius 2 is 2.40 bits per heavy atom. The van der Waals surface area contributed by atoms with Crippen molar-refractivity contribution < 1.29 is 4.79 Å². The molecule has 1 amide bonds. The van der Waals surface area contributed by atoms with Gasteiger partial charge in [-0.2, -0.15) is 0 Å². The Balaban J connectivity index is 1.77. The Kier molecular flexibility index (Phi) is 3.72. The summed E-state index contributed by atoms with van der Waals surface area (Å²) in [5.41, 5.74) is 1.43. The smallest absolute Gasteiger partial charge is 0.276 e. The molecule has 0 aliphatic heterocycles. The van der Waals surface area contributed by atoms with E-state index in [9.17, 15) is 4.79 Å². The maximum absolute atomic E-state index is 12.1. The lowest BCUT2D eigenvalue weighted by Crippen LogP contribution is -2.13. The zero-order chi connectivity index (χ0) is 14.1. The normalized spacial score (nSPS) is 17.6. The van der Waals surface area contributed by atoms with Gasteiger partial charge in [0.25, 0.3) is 5.91 Å². The first-order chi connectivity index (χ1) is 9.61. The van der Waals surface area contributed by atoms with E-state index in [0.29, 0.717) is 21.8 Å². The maximum Gasteiger partial charge on any atom is 0.276 e. The number of carbonyl (C=O) groups excluding carboxylic acids is 1. The van der Waals surface area contributed by atoms with Gasteiger partial charge < -0.3 is 0 Å². The minimum Gasteiger partial charge on any atom is -0.296 e. The lowest BCUT2D eigenvalue weighted by Gasteiger charge is -2.15. The summed E-state index contributed by atoms with van der Waals surface area (Å²) >= 11 is 7.42. The quantitative estimate of drug-likeness (QED) is 0.923. The average Bonchev–Trinajstić information content (AvgIpc) is 2.80. The third kappa shape index (κ3) is 2.83. The van der Waals surface area contributed by atoms with E-state index >= 15 is 0 Å². The summed E-state index contributed by atoms with van der Waals surface area (Å²) in [6.45, 7) is 2.25. The van der Waals surface area contributed by atoms with E-state index in [1.165, 1.54) is 17.5 Å². The van der Waals surface area contributed by atoms with Gasteiger partial charge in [0.1, 0.15) is 5.69 Å². The Hall–Kier alpha value is -1.46. The molecule has 0 unspecified atom stereocenters. The Bertz CT molecular complexity index is 656. The fraction of sp³-hybridized carbons (Fsp3) is 0.357. The highest BCUT2D eigenvalue weighted by Gasteiger charge is 2.20. The standard InChI is InChI=1S/C14H14ClN3OS/c1-8-2-3-10-12(6-8)20-14(17-10)18-13(19)11-7-9(15)4-5-16-11/h4-5,7-8H,2-3,6H2,1H3,(H,17,18,19)/t8-/m0/s1. The fourth-order valence-corrected chi connectivity index (χ4v) is 3.61. The summed E-state index contributed by atoms with van der Waals surface area (Å²) in [6.07, 6.45) is 4.74. The number of anilines is 1. The molecule has 2 aromatic heterocycles. The number of hydrogen-bond acceptors (Lipinski definition) is 4. The number of amides is 1. The van der Waals surface area contributed by atoms with Gasteiger partial charge in [-0.05, 0) is 37.3 Å². The van der Waals surface area contributed by atoms with Crippen molar-refractivity contribution in [3.8, 4) is 0 Å². The zero-order valence-electron chi connectivity index (χ0n) is 11.0. The Morgan fingerprint density at radius 1 is 1.55 bits per heavy atom. The molecule has 2 aromatic rings. The Morgan fingerprint density at radius 3 is 3.20 bits per heavy atom. The molecular formula is C14H14ClN3OS. The molecule has 2 heterocycles. The summed E-state index contributed by atoms with van der Waals surface area (Å²) in [6, 6.07) is 3.19. The second-order valence-corrected chi connectivity index (χ2v) is 6.57. The molecule has 0 spiro atoms. The third-order valence-electron chi connectivity index (χ3n) is 3.36. The number of pyridine rings is 1. The maximum atomic E-state index is 12.1. The number of nitrogens with one attached hydrogen (secondary N) is 1. The summed E-state index contributed by atoms with van der Waals surface area (Å²) in [5.74, 6) is 0.424. The molecule has 0 bridgehead atoms. The van der Waals surface area contributed by atoms with Gasteiger partial charge in [-0.1, -0.05) is 18.5 Å². The van der Waals surface area contributed by atoms with Crippen LogP contribution in [-0.2, 0) is 12.8 Å². The topological polar surface area (TPSA) is 54.9 Å². The number of carbonyl (C=O) groups is 1. The fourth-order valence-electron chi connectivity index (χ4n) is 2.28. The largest absolute Gasteiger partial charge is 0.296 e. The third-order valence-corrected chi connectivity index (χ3v) is 4.63. The number of rotatable bonds is 2. The van der Waals surface area contributed by atoms with E-state index in [1.54, 1.807) is 23.5 Å². The minimum atomic E-state index is -0.272. The minimum absolute atomic E-state index is 0.272. The number of aromatic nitrogens is 2. The highest BCUT2D eigenvalue weighted by Crippen LogP contribution is 2.32. The van der Waals surface area contributed by atoms with Crippen LogP contribution >= 0.6 is 22.9 Å². The van der Waals surface area contributed by atoms with E-state index in [-0.39, 0.29) is 5.91 Å². The van der Waals surface area contributed by atoms with E-state index in [2.05, 4.69) is 22.2 Å². The van der Waals surface area contributed by atoms with E-state index < -0.39 is 0 Å². The number of fused-ring (bicyclic) bond motifs is 1. The van der Waals surface area contributed by atoms with Crippen molar-refractivity contribution in [3.05, 3.63) is 39.6 Å². The molecule has 0 saturated carbocycles. The number of hydrogen-bond donors (Lipinski definition) is 1. The first kappa shape index (κ1) is 13.5. The van der Waals surface area contributed by atoms with Gasteiger partial charge in [-0.25, -0.2) is 4.98 Å². The molecule has 104 valence electrons. The van der Waals surface area contributed by atoms with Gasteiger partial charge in [0.05, 0.1) is 5.69 Å². The second kappa shape index (κ2) is 5.50. The second-order valence-electron chi connectivity index (χ2n) is 5.05. The SMILES string of the molecule is C[C@H]1CCc2nc(NC(=O)c3cc(Cl)ccn3)sc2C1. The molecule has 4 nitrogen and oxygen atoms in total. The van der Waals surface area contributed by atoms with Gasteiger partial charge in [0.2, 0.25) is 0 Å². The van der Waals surface area contributed by atoms with Crippen molar-refractivity contribution in [2.45, 2.75) is 26.2 Å². The van der Waals surface area contributed by atoms with Gasteiger partial charge >= 0.3 is 0 Å². The lowest BCUT2D eigenvalue weighted by molar-refractivity contribution is 0.102. The molecule has 1 aliphatic rings. The molecule has 0 aromatic carbocycles. The first-order valence-electron chi connectivity index (χ1n) is 6.53. The van der Waals surface area contributed by atoms with Crippen LogP contribution in [0.3, 0.4) is 0 Å². The zero-order valence-corrected chi connectivity index (χ0v) is 12.6. The van der Waals surface area contributed by atoms with Crippen molar-refractivity contribution >= 4 is 34.0 Å². The van der Waals surface area contributed by atoms with Crippen LogP contribution in [0.1, 0.15) is 34.4 Å². The highest BCUT2D eigenvalue weighted by molar-refractivity contribution is 7.15. The van der Waals surface area contributed by atoms with Crippen LogP contribution in [0.4, 0.5) is 5.13 Å². The lowest BCUT2D eigenvalue weighted by atomic mass is 9.93.